The second-order valence-corrected chi connectivity index (χ2v) is 18.1. The minimum absolute atomic E-state index is 0.402. The van der Waals surface area contributed by atoms with E-state index < -0.39 is 0 Å². The normalized spacial score (nSPS) is 10.9. The molecule has 0 saturated heterocycles. The van der Waals surface area contributed by atoms with Crippen LogP contribution in [0.4, 0.5) is 0 Å². The Balaban J connectivity index is 1.29. The van der Waals surface area contributed by atoms with Crippen molar-refractivity contribution in [2.75, 3.05) is 0 Å². The van der Waals surface area contributed by atoms with Crippen LogP contribution in [0.1, 0.15) is 11.1 Å². The van der Waals surface area contributed by atoms with Crippen LogP contribution in [0.15, 0.2) is 97.1 Å². The van der Waals surface area contributed by atoms with Gasteiger partial charge in [0, 0.05) is 0 Å². The van der Waals surface area contributed by atoms with Gasteiger partial charge in [0.05, 0.1) is 0 Å². The summed E-state index contributed by atoms with van der Waals surface area (Å²) < 4.78 is 8.84. The third-order valence-electron chi connectivity index (χ3n) is 4.39. The molecule has 0 saturated carbocycles. The van der Waals surface area contributed by atoms with E-state index in [1.165, 1.54) is 37.9 Å². The van der Waals surface area contributed by atoms with Crippen LogP contribution < -0.4 is 26.8 Å². The van der Waals surface area contributed by atoms with E-state index in [2.05, 4.69) is 111 Å². The zero-order valence-corrected chi connectivity index (χ0v) is 23.7. The van der Waals surface area contributed by atoms with Crippen molar-refractivity contribution in [1.82, 2.24) is 0 Å². The average molecular weight is 650 g/mol. The number of hydrogen-bond donors (Lipinski definition) is 0. The third-order valence-corrected chi connectivity index (χ3v) is 15.9. The van der Waals surface area contributed by atoms with Crippen molar-refractivity contribution in [1.29, 1.82) is 0 Å². The molecule has 0 fully saturated rings. The average Bonchev–Trinajstić information content (AvgIpc) is 2.77. The summed E-state index contributed by atoms with van der Waals surface area (Å²) in [6, 6.07) is 36.6. The second kappa shape index (κ2) is 11.0. The van der Waals surface area contributed by atoms with Gasteiger partial charge < -0.3 is 0 Å². The molecule has 0 aliphatic heterocycles. The fraction of sp³-hybridized carbons (Fsp3) is 0.0769. The zero-order chi connectivity index (χ0) is 20.8. The standard InChI is InChI=1S/C26H22Se4/c1-19-3-7-21(8-4-19)27-23-11-15-25(16-12-23)29-30-26-17-13-24(14-18-26)28-22-9-5-20(2)6-10-22/h3-18H,1-2H3. The van der Waals surface area contributed by atoms with Crippen molar-refractivity contribution < 1.29 is 0 Å². The van der Waals surface area contributed by atoms with E-state index in [0.29, 0.717) is 56.2 Å². The maximum atomic E-state index is 2.35. The Kier molecular flexibility index (Phi) is 8.13. The molecule has 0 aromatic heterocycles. The first kappa shape index (κ1) is 22.2. The molecular weight excluding hydrogens is 628 g/mol. The van der Waals surface area contributed by atoms with Crippen LogP contribution >= 0.6 is 0 Å². The Morgan fingerprint density at radius 2 is 0.567 bits per heavy atom. The summed E-state index contributed by atoms with van der Waals surface area (Å²) in [5.41, 5.74) is 2.66. The van der Waals surface area contributed by atoms with Gasteiger partial charge in [0.15, 0.2) is 0 Å². The molecular formula is C26H22Se4. The van der Waals surface area contributed by atoms with Crippen molar-refractivity contribution in [2.45, 2.75) is 13.8 Å². The zero-order valence-electron chi connectivity index (χ0n) is 16.9. The maximum absolute atomic E-state index is 2.35. The molecule has 0 nitrogen and oxygen atoms in total. The molecule has 0 aliphatic carbocycles. The fourth-order valence-electron chi connectivity index (χ4n) is 2.71. The number of hydrogen-bond acceptors (Lipinski definition) is 0. The van der Waals surface area contributed by atoms with Crippen molar-refractivity contribution in [3.05, 3.63) is 108 Å². The number of benzene rings is 4. The van der Waals surface area contributed by atoms with Gasteiger partial charge in [0.1, 0.15) is 0 Å². The molecule has 0 bridgehead atoms. The van der Waals surface area contributed by atoms with Gasteiger partial charge in [0.25, 0.3) is 0 Å². The van der Waals surface area contributed by atoms with Crippen LogP contribution in [0.3, 0.4) is 0 Å². The first-order valence-corrected chi connectivity index (χ1v) is 19.1. The fourth-order valence-corrected chi connectivity index (χ4v) is 12.1. The van der Waals surface area contributed by atoms with Crippen LogP contribution in [0, 0.1) is 13.8 Å². The molecule has 4 aromatic rings. The Morgan fingerprint density at radius 1 is 0.333 bits per heavy atom. The van der Waals surface area contributed by atoms with E-state index in [0.717, 1.165) is 0 Å². The summed E-state index contributed by atoms with van der Waals surface area (Å²) >= 11 is 1.90. The van der Waals surface area contributed by atoms with Gasteiger partial charge in [-0.15, -0.1) is 0 Å². The Labute approximate surface area is 203 Å². The summed E-state index contributed by atoms with van der Waals surface area (Å²) in [4.78, 5) is 0. The number of aryl methyl sites for hydroxylation is 2. The first-order chi connectivity index (χ1) is 14.6. The summed E-state index contributed by atoms with van der Waals surface area (Å²) in [6.45, 7) is 4.29. The van der Waals surface area contributed by atoms with Gasteiger partial charge in [-0.3, -0.25) is 0 Å². The quantitative estimate of drug-likeness (QED) is 0.261. The van der Waals surface area contributed by atoms with Gasteiger partial charge in [-0.1, -0.05) is 0 Å². The molecule has 150 valence electrons. The molecule has 4 heteroatoms. The monoisotopic (exact) mass is 654 g/mol. The van der Waals surface area contributed by atoms with Gasteiger partial charge in [-0.25, -0.2) is 0 Å². The van der Waals surface area contributed by atoms with E-state index >= 15 is 0 Å². The molecule has 0 heterocycles. The van der Waals surface area contributed by atoms with Crippen LogP contribution in [0.5, 0.6) is 0 Å². The van der Waals surface area contributed by atoms with E-state index in [1.807, 2.05) is 0 Å². The van der Waals surface area contributed by atoms with Gasteiger partial charge in [-0.2, -0.15) is 0 Å². The Hall–Kier alpha value is -1.04. The molecule has 0 spiro atoms. The summed E-state index contributed by atoms with van der Waals surface area (Å²) in [5.74, 6) is 0. The van der Waals surface area contributed by atoms with E-state index in [4.69, 9.17) is 0 Å². The van der Waals surface area contributed by atoms with E-state index in [1.54, 1.807) is 0 Å². The molecule has 30 heavy (non-hydrogen) atoms. The molecule has 0 atom stereocenters. The van der Waals surface area contributed by atoms with Crippen LogP contribution in [-0.2, 0) is 0 Å². The second-order valence-electron chi connectivity index (χ2n) is 6.94. The third kappa shape index (κ3) is 6.73. The van der Waals surface area contributed by atoms with Crippen LogP contribution in [0.25, 0.3) is 0 Å². The molecule has 4 rings (SSSR count). The van der Waals surface area contributed by atoms with Gasteiger partial charge in [-0.05, 0) is 0 Å². The van der Waals surface area contributed by atoms with Gasteiger partial charge in [0.2, 0.25) is 0 Å². The van der Waals surface area contributed by atoms with E-state index in [9.17, 15) is 0 Å². The molecule has 0 N–H and O–H groups in total. The van der Waals surface area contributed by atoms with Crippen molar-refractivity contribution in [3.63, 3.8) is 0 Å². The first-order valence-electron chi connectivity index (χ1n) is 9.68. The van der Waals surface area contributed by atoms with E-state index in [-0.39, 0.29) is 0 Å². The summed E-state index contributed by atoms with van der Waals surface area (Å²) in [6.07, 6.45) is 0. The predicted molar refractivity (Wildman–Crippen MR) is 136 cm³/mol. The molecule has 0 amide bonds. The van der Waals surface area contributed by atoms with Crippen molar-refractivity contribution in [3.8, 4) is 0 Å². The SMILES string of the molecule is Cc1ccc([Se]c2ccc([Se][Se]c3ccc([Se]c4ccc(C)cc4)cc3)cc2)cc1. The van der Waals surface area contributed by atoms with Crippen molar-refractivity contribution >= 4 is 82.9 Å². The van der Waals surface area contributed by atoms with Crippen LogP contribution in [-0.4, -0.2) is 56.2 Å². The predicted octanol–water partition coefficient (Wildman–Crippen LogP) is 0.888. The van der Waals surface area contributed by atoms with Crippen molar-refractivity contribution in [2.24, 2.45) is 0 Å². The Bertz CT molecular complexity index is 977. The topological polar surface area (TPSA) is 0 Å². The minimum atomic E-state index is 0.402. The summed E-state index contributed by atoms with van der Waals surface area (Å²) in [5, 5.41) is 0. The molecule has 4 aromatic carbocycles. The molecule has 0 radical (unpaired) electrons. The Morgan fingerprint density at radius 3 is 0.867 bits per heavy atom. The molecule has 0 aliphatic rings. The molecule has 0 unspecified atom stereocenters. The van der Waals surface area contributed by atoms with Gasteiger partial charge >= 0.3 is 205 Å². The summed E-state index contributed by atoms with van der Waals surface area (Å²) in [7, 11) is 0. The number of rotatable bonds is 7. The van der Waals surface area contributed by atoms with Crippen LogP contribution in [0.2, 0.25) is 0 Å².